The van der Waals surface area contributed by atoms with Gasteiger partial charge < -0.3 is 44.5 Å². The number of amides is 2. The number of fused-ring (bicyclic) bond motifs is 3. The third-order valence-electron chi connectivity index (χ3n) is 8.04. The second-order valence-electron chi connectivity index (χ2n) is 12.2. The summed E-state index contributed by atoms with van der Waals surface area (Å²) in [6, 6.07) is 14.4. The number of benzene rings is 2. The smallest absolute Gasteiger partial charge is 0.407 e. The average molecular weight is 613 g/mol. The molecule has 2 heterocycles. The predicted octanol–water partition coefficient (Wildman–Crippen LogP) is 2.91. The molecule has 4 N–H and O–H groups in total. The first-order chi connectivity index (χ1) is 20.8. The highest BCUT2D eigenvalue weighted by atomic mass is 16.8. The molecule has 1 aliphatic carbocycles. The summed E-state index contributed by atoms with van der Waals surface area (Å²) in [6.45, 7) is 7.15. The number of carbonyl (C=O) groups excluding carboxylic acids is 2. The van der Waals surface area contributed by atoms with Crippen LogP contribution in [0.15, 0.2) is 48.5 Å². The van der Waals surface area contributed by atoms with E-state index < -0.39 is 60.0 Å². The van der Waals surface area contributed by atoms with Gasteiger partial charge in [-0.15, -0.1) is 0 Å². The summed E-state index contributed by atoms with van der Waals surface area (Å²) in [7, 11) is 0. The van der Waals surface area contributed by atoms with Crippen molar-refractivity contribution in [2.75, 3.05) is 19.8 Å². The number of carboxylic acids is 1. The molecule has 2 fully saturated rings. The van der Waals surface area contributed by atoms with E-state index >= 15 is 0 Å². The van der Waals surface area contributed by atoms with Crippen LogP contribution in [-0.2, 0) is 33.3 Å². The normalized spacial score (nSPS) is 24.6. The highest BCUT2D eigenvalue weighted by Gasteiger charge is 2.52. The molecule has 3 aliphatic rings. The van der Waals surface area contributed by atoms with Crippen molar-refractivity contribution in [2.45, 2.75) is 88.5 Å². The number of aliphatic hydroxyl groups excluding tert-OH is 1. The van der Waals surface area contributed by atoms with Crippen molar-refractivity contribution in [3.05, 3.63) is 59.7 Å². The van der Waals surface area contributed by atoms with Crippen molar-refractivity contribution in [3.8, 4) is 11.1 Å². The monoisotopic (exact) mass is 612 g/mol. The lowest BCUT2D eigenvalue weighted by Gasteiger charge is -2.26. The van der Waals surface area contributed by atoms with Crippen LogP contribution in [0.3, 0.4) is 0 Å². The fraction of sp³-hybridized carbons (Fsp3) is 0.531. The van der Waals surface area contributed by atoms with Gasteiger partial charge in [0.25, 0.3) is 0 Å². The zero-order valence-corrected chi connectivity index (χ0v) is 25.3. The molecule has 12 nitrogen and oxygen atoms in total. The molecule has 2 amide bonds. The third-order valence-corrected chi connectivity index (χ3v) is 8.04. The Morgan fingerprint density at radius 1 is 0.955 bits per heavy atom. The lowest BCUT2D eigenvalue weighted by Crippen LogP contribution is -2.48. The molecule has 5 atom stereocenters. The number of hydrogen-bond donors (Lipinski definition) is 4. The van der Waals surface area contributed by atoms with Crippen LogP contribution in [0.5, 0.6) is 0 Å². The van der Waals surface area contributed by atoms with Crippen LogP contribution in [0, 0.1) is 0 Å². The maximum atomic E-state index is 12.6. The van der Waals surface area contributed by atoms with E-state index in [2.05, 4.69) is 10.6 Å². The van der Waals surface area contributed by atoms with E-state index in [1.54, 1.807) is 27.7 Å². The van der Waals surface area contributed by atoms with Crippen LogP contribution >= 0.6 is 0 Å². The highest BCUT2D eigenvalue weighted by molar-refractivity contribution is 5.82. The standard InChI is InChI=1S/C32H40N2O10/c1-31(2)41-17-25(42-31)28-27(43-32(3,4)44-28)24(35)15-33-26(36)14-13-23(29(37)38)34-30(39)40-16-22-20-11-7-5-9-18(20)19-10-6-8-12-21(19)22/h5-12,22-25,27-28,35H,13-17H2,1-4H3,(H,33,36)(H,34,39)(H,37,38)/t23-,24+,25-,27-,28-/m1/s1. The average Bonchev–Trinajstić information content (AvgIpc) is 3.62. The molecule has 0 aromatic heterocycles. The van der Waals surface area contributed by atoms with Gasteiger partial charge in [0.15, 0.2) is 11.6 Å². The number of ether oxygens (including phenoxy) is 5. The number of alkyl carbamates (subject to hydrolysis) is 1. The van der Waals surface area contributed by atoms with Gasteiger partial charge in [0.05, 0.1) is 6.61 Å². The maximum Gasteiger partial charge on any atom is 0.407 e. The molecular formula is C32H40N2O10. The minimum absolute atomic E-state index is 0.0326. The van der Waals surface area contributed by atoms with Crippen LogP contribution in [-0.4, -0.2) is 90.0 Å². The Balaban J connectivity index is 1.09. The number of carbonyl (C=O) groups is 3. The molecule has 0 saturated carbocycles. The van der Waals surface area contributed by atoms with E-state index in [4.69, 9.17) is 23.7 Å². The van der Waals surface area contributed by atoms with Crippen LogP contribution in [0.2, 0.25) is 0 Å². The zero-order chi connectivity index (χ0) is 31.6. The fourth-order valence-corrected chi connectivity index (χ4v) is 6.02. The van der Waals surface area contributed by atoms with Crippen LogP contribution in [0.1, 0.15) is 57.6 Å². The summed E-state index contributed by atoms with van der Waals surface area (Å²) in [5.74, 6) is -3.74. The number of hydrogen-bond acceptors (Lipinski definition) is 9. The number of aliphatic hydroxyl groups is 1. The molecule has 0 spiro atoms. The molecule has 0 bridgehead atoms. The van der Waals surface area contributed by atoms with Gasteiger partial charge >= 0.3 is 12.1 Å². The molecule has 2 aliphatic heterocycles. The van der Waals surface area contributed by atoms with Crippen LogP contribution in [0.4, 0.5) is 4.79 Å². The zero-order valence-electron chi connectivity index (χ0n) is 25.3. The number of aliphatic carboxylic acids is 1. The summed E-state index contributed by atoms with van der Waals surface area (Å²) in [6.07, 6.45) is -4.30. The molecule has 2 aromatic rings. The molecule has 238 valence electrons. The van der Waals surface area contributed by atoms with Crippen LogP contribution < -0.4 is 10.6 Å². The molecule has 44 heavy (non-hydrogen) atoms. The van der Waals surface area contributed by atoms with Crippen molar-refractivity contribution in [2.24, 2.45) is 0 Å². The number of carboxylic acid groups (broad SMARTS) is 1. The Morgan fingerprint density at radius 3 is 2.18 bits per heavy atom. The lowest BCUT2D eigenvalue weighted by molar-refractivity contribution is -0.175. The Kier molecular flexibility index (Phi) is 9.28. The van der Waals surface area contributed by atoms with Gasteiger partial charge in [0.2, 0.25) is 5.91 Å². The topological polar surface area (TPSA) is 162 Å². The van der Waals surface area contributed by atoms with E-state index in [0.717, 1.165) is 22.3 Å². The van der Waals surface area contributed by atoms with Gasteiger partial charge in [-0.2, -0.15) is 0 Å². The molecule has 2 saturated heterocycles. The van der Waals surface area contributed by atoms with Crippen molar-refractivity contribution < 1.29 is 48.3 Å². The van der Waals surface area contributed by atoms with Gasteiger partial charge in [-0.3, -0.25) is 4.79 Å². The molecule has 12 heteroatoms. The van der Waals surface area contributed by atoms with Crippen molar-refractivity contribution >= 4 is 18.0 Å². The van der Waals surface area contributed by atoms with E-state index in [9.17, 15) is 24.6 Å². The second kappa shape index (κ2) is 12.8. The Morgan fingerprint density at radius 2 is 1.59 bits per heavy atom. The van der Waals surface area contributed by atoms with Gasteiger partial charge in [0, 0.05) is 18.9 Å². The summed E-state index contributed by atoms with van der Waals surface area (Å²) in [4.78, 5) is 37.0. The minimum atomic E-state index is -1.35. The van der Waals surface area contributed by atoms with Gasteiger partial charge in [0.1, 0.15) is 37.1 Å². The Hall–Kier alpha value is -3.55. The minimum Gasteiger partial charge on any atom is -0.480 e. The number of nitrogens with one attached hydrogen (secondary N) is 2. The van der Waals surface area contributed by atoms with Crippen molar-refractivity contribution in [1.82, 2.24) is 10.6 Å². The lowest BCUT2D eigenvalue weighted by atomic mass is 9.98. The van der Waals surface area contributed by atoms with Gasteiger partial charge in [-0.1, -0.05) is 48.5 Å². The van der Waals surface area contributed by atoms with E-state index in [1.165, 1.54) is 0 Å². The number of rotatable bonds is 11. The third kappa shape index (κ3) is 7.22. The SMILES string of the molecule is CC1(C)O[C@H]([C@@H](O)CNC(=O)CC[C@@H](NC(=O)OCC2c3ccccc3-c3ccccc32)C(=O)O)[C@@H]([C@H]2COC(C)(C)O2)O1. The molecule has 2 aromatic carbocycles. The van der Waals surface area contributed by atoms with E-state index in [0.29, 0.717) is 0 Å². The maximum absolute atomic E-state index is 12.6. The highest BCUT2D eigenvalue weighted by Crippen LogP contribution is 2.44. The Labute approximate surface area is 256 Å². The van der Waals surface area contributed by atoms with Crippen molar-refractivity contribution in [1.29, 1.82) is 0 Å². The van der Waals surface area contributed by atoms with Crippen LogP contribution in [0.25, 0.3) is 11.1 Å². The first-order valence-corrected chi connectivity index (χ1v) is 14.8. The molecule has 5 rings (SSSR count). The Bertz CT molecular complexity index is 1330. The first kappa shape index (κ1) is 31.9. The predicted molar refractivity (Wildman–Crippen MR) is 157 cm³/mol. The summed E-state index contributed by atoms with van der Waals surface area (Å²) in [5, 5.41) is 25.5. The van der Waals surface area contributed by atoms with E-state index in [1.807, 2.05) is 48.5 Å². The van der Waals surface area contributed by atoms with Gasteiger partial charge in [-0.25, -0.2) is 9.59 Å². The second-order valence-corrected chi connectivity index (χ2v) is 12.2. The quantitative estimate of drug-likeness (QED) is 0.297. The first-order valence-electron chi connectivity index (χ1n) is 14.8. The summed E-state index contributed by atoms with van der Waals surface area (Å²) >= 11 is 0. The summed E-state index contributed by atoms with van der Waals surface area (Å²) in [5.41, 5.74) is 4.22. The molecule has 0 unspecified atom stereocenters. The summed E-state index contributed by atoms with van der Waals surface area (Å²) < 4.78 is 28.9. The van der Waals surface area contributed by atoms with Crippen molar-refractivity contribution in [3.63, 3.8) is 0 Å². The van der Waals surface area contributed by atoms with Gasteiger partial charge in [-0.05, 0) is 56.4 Å². The largest absolute Gasteiger partial charge is 0.480 e. The molecule has 0 radical (unpaired) electrons. The fourth-order valence-electron chi connectivity index (χ4n) is 6.02. The molecular weight excluding hydrogens is 572 g/mol. The van der Waals surface area contributed by atoms with E-state index in [-0.39, 0.29) is 38.5 Å².